The molecule has 0 radical (unpaired) electrons. The number of sulfonamides is 1. The van der Waals surface area contributed by atoms with Crippen molar-refractivity contribution in [1.29, 1.82) is 0 Å². The highest BCUT2D eigenvalue weighted by molar-refractivity contribution is 7.92. The summed E-state index contributed by atoms with van der Waals surface area (Å²) in [5.74, 6) is -0.419. The lowest BCUT2D eigenvalue weighted by Crippen LogP contribution is -2.52. The second-order valence-electron chi connectivity index (χ2n) is 9.60. The van der Waals surface area contributed by atoms with Gasteiger partial charge in [-0.25, -0.2) is 12.8 Å². The van der Waals surface area contributed by atoms with Crippen LogP contribution in [0.5, 0.6) is 11.5 Å². The molecule has 0 aromatic heterocycles. The lowest BCUT2D eigenvalue weighted by atomic mass is 10.1. The Balaban J connectivity index is 2.02. The fraction of sp³-hybridized carbons (Fsp3) is 0.333. The van der Waals surface area contributed by atoms with Crippen molar-refractivity contribution >= 4 is 27.5 Å². The topological polar surface area (TPSA) is 105 Å². The molecular formula is C30H36FN3O6S. The van der Waals surface area contributed by atoms with Gasteiger partial charge in [0.2, 0.25) is 11.8 Å². The van der Waals surface area contributed by atoms with E-state index >= 15 is 0 Å². The van der Waals surface area contributed by atoms with Gasteiger partial charge in [0, 0.05) is 12.6 Å². The van der Waals surface area contributed by atoms with Crippen molar-refractivity contribution in [2.45, 2.75) is 51.2 Å². The van der Waals surface area contributed by atoms with Crippen LogP contribution in [-0.4, -0.2) is 57.5 Å². The summed E-state index contributed by atoms with van der Waals surface area (Å²) in [4.78, 5) is 28.1. The molecule has 3 rings (SSSR count). The van der Waals surface area contributed by atoms with Crippen LogP contribution in [0.4, 0.5) is 10.1 Å². The monoisotopic (exact) mass is 585 g/mol. The van der Waals surface area contributed by atoms with Crippen molar-refractivity contribution in [2.24, 2.45) is 0 Å². The van der Waals surface area contributed by atoms with Gasteiger partial charge < -0.3 is 19.7 Å². The van der Waals surface area contributed by atoms with E-state index in [1.54, 1.807) is 50.4 Å². The maximum absolute atomic E-state index is 13.9. The molecule has 0 unspecified atom stereocenters. The number of hydrogen-bond donors (Lipinski definition) is 1. The fourth-order valence-corrected chi connectivity index (χ4v) is 5.47. The zero-order chi connectivity index (χ0) is 30.2. The predicted octanol–water partition coefficient (Wildman–Crippen LogP) is 4.37. The van der Waals surface area contributed by atoms with E-state index < -0.39 is 34.3 Å². The van der Waals surface area contributed by atoms with Gasteiger partial charge in [-0.05, 0) is 93.9 Å². The average Bonchev–Trinajstić information content (AvgIpc) is 2.95. The summed E-state index contributed by atoms with van der Waals surface area (Å²) >= 11 is 0. The number of hydrogen-bond acceptors (Lipinski definition) is 6. The molecule has 11 heteroatoms. The Labute approximate surface area is 240 Å². The highest BCUT2D eigenvalue weighted by atomic mass is 32.2. The average molecular weight is 586 g/mol. The highest BCUT2D eigenvalue weighted by Gasteiger charge is 2.32. The molecule has 41 heavy (non-hydrogen) atoms. The summed E-state index contributed by atoms with van der Waals surface area (Å²) in [6.45, 7) is 6.89. The van der Waals surface area contributed by atoms with E-state index in [-0.39, 0.29) is 29.1 Å². The molecule has 9 nitrogen and oxygen atoms in total. The van der Waals surface area contributed by atoms with Crippen molar-refractivity contribution in [3.05, 3.63) is 84.2 Å². The molecule has 0 saturated heterocycles. The molecule has 0 fully saturated rings. The molecule has 3 aromatic carbocycles. The number of ether oxygens (including phenoxy) is 2. The molecule has 1 N–H and O–H groups in total. The first-order valence-corrected chi connectivity index (χ1v) is 14.6. The summed E-state index contributed by atoms with van der Waals surface area (Å²) in [5, 5.41) is 2.81. The first-order valence-electron chi connectivity index (χ1n) is 13.2. The standard InChI is InChI=1S/C30H36FN3O6S/c1-6-40-27-15-11-25(12-16-27)34(41(37,38)28-17-9-24(31)10-18-28)20-29(35)33(22(4)30(36)32-21(2)3)19-23-7-13-26(39-5)14-8-23/h7-18,21-22H,6,19-20H2,1-5H3,(H,32,36)/t22-/m1/s1. The quantitative estimate of drug-likeness (QED) is 0.320. The van der Waals surface area contributed by atoms with Gasteiger partial charge in [-0.2, -0.15) is 0 Å². The Morgan fingerprint density at radius 3 is 2.02 bits per heavy atom. The number of nitrogens with one attached hydrogen (secondary N) is 1. The summed E-state index contributed by atoms with van der Waals surface area (Å²) in [6.07, 6.45) is 0. The van der Waals surface area contributed by atoms with Crippen LogP contribution in [0.3, 0.4) is 0 Å². The zero-order valence-electron chi connectivity index (χ0n) is 23.8. The van der Waals surface area contributed by atoms with E-state index in [2.05, 4.69) is 5.32 Å². The fourth-order valence-electron chi connectivity index (χ4n) is 4.05. The number of amides is 2. The van der Waals surface area contributed by atoms with Gasteiger partial charge in [0.05, 0.1) is 24.3 Å². The number of halogens is 1. The van der Waals surface area contributed by atoms with Crippen LogP contribution < -0.4 is 19.1 Å². The smallest absolute Gasteiger partial charge is 0.264 e. The van der Waals surface area contributed by atoms with Crippen LogP contribution in [0.15, 0.2) is 77.7 Å². The van der Waals surface area contributed by atoms with Gasteiger partial charge in [-0.3, -0.25) is 13.9 Å². The van der Waals surface area contributed by atoms with Crippen molar-refractivity contribution < 1.29 is 31.9 Å². The van der Waals surface area contributed by atoms with Crippen molar-refractivity contribution in [3.8, 4) is 11.5 Å². The summed E-state index contributed by atoms with van der Waals surface area (Å²) in [6, 6.07) is 16.6. The highest BCUT2D eigenvalue weighted by Crippen LogP contribution is 2.27. The minimum Gasteiger partial charge on any atom is -0.497 e. The molecule has 0 aliphatic carbocycles. The first-order chi connectivity index (χ1) is 19.5. The normalized spacial score (nSPS) is 12.0. The second kappa shape index (κ2) is 14.0. The number of carbonyl (C=O) groups is 2. The molecule has 0 aliphatic heterocycles. The number of benzene rings is 3. The minimum absolute atomic E-state index is 0.0449. The molecule has 0 bridgehead atoms. The van der Waals surface area contributed by atoms with Gasteiger partial charge in [0.15, 0.2) is 0 Å². The van der Waals surface area contributed by atoms with Crippen molar-refractivity contribution in [1.82, 2.24) is 10.2 Å². The molecule has 220 valence electrons. The van der Waals surface area contributed by atoms with Crippen LogP contribution >= 0.6 is 0 Å². The third kappa shape index (κ3) is 8.20. The second-order valence-corrected chi connectivity index (χ2v) is 11.5. The summed E-state index contributed by atoms with van der Waals surface area (Å²) in [7, 11) is -2.77. The number of nitrogens with zero attached hydrogens (tertiary/aromatic N) is 2. The van der Waals surface area contributed by atoms with Crippen LogP contribution in [-0.2, 0) is 26.2 Å². The van der Waals surface area contributed by atoms with Crippen molar-refractivity contribution in [3.63, 3.8) is 0 Å². The Morgan fingerprint density at radius 2 is 1.49 bits per heavy atom. The van der Waals surface area contributed by atoms with E-state index in [9.17, 15) is 22.4 Å². The largest absolute Gasteiger partial charge is 0.497 e. The Hall–Kier alpha value is -4.12. The molecule has 0 saturated carbocycles. The van der Waals surface area contributed by atoms with Gasteiger partial charge in [0.1, 0.15) is 29.9 Å². The van der Waals surface area contributed by atoms with Gasteiger partial charge in [-0.15, -0.1) is 0 Å². The lowest BCUT2D eigenvalue weighted by Gasteiger charge is -2.32. The molecule has 2 amide bonds. The number of rotatable bonds is 13. The Morgan fingerprint density at radius 1 is 0.902 bits per heavy atom. The molecule has 3 aromatic rings. The number of anilines is 1. The van der Waals surface area contributed by atoms with E-state index in [4.69, 9.17) is 9.47 Å². The molecule has 0 heterocycles. The van der Waals surface area contributed by atoms with E-state index in [0.717, 1.165) is 34.1 Å². The summed E-state index contributed by atoms with van der Waals surface area (Å²) in [5.41, 5.74) is 0.923. The SMILES string of the molecule is CCOc1ccc(N(CC(=O)N(Cc2ccc(OC)cc2)[C@H](C)C(=O)NC(C)C)S(=O)(=O)c2ccc(F)cc2)cc1. The molecule has 0 spiro atoms. The van der Waals surface area contributed by atoms with Gasteiger partial charge >= 0.3 is 0 Å². The third-order valence-electron chi connectivity index (χ3n) is 6.23. The molecule has 0 aliphatic rings. The molecule has 1 atom stereocenters. The van der Waals surface area contributed by atoms with E-state index in [0.29, 0.717) is 18.1 Å². The van der Waals surface area contributed by atoms with Crippen LogP contribution in [0.25, 0.3) is 0 Å². The van der Waals surface area contributed by atoms with Gasteiger partial charge in [-0.1, -0.05) is 12.1 Å². The minimum atomic E-state index is -4.31. The maximum atomic E-state index is 13.9. The van der Waals surface area contributed by atoms with Gasteiger partial charge in [0.25, 0.3) is 10.0 Å². The predicted molar refractivity (Wildman–Crippen MR) is 155 cm³/mol. The van der Waals surface area contributed by atoms with Crippen LogP contribution in [0.1, 0.15) is 33.3 Å². The number of methoxy groups -OCH3 is 1. The van der Waals surface area contributed by atoms with E-state index in [1.807, 2.05) is 20.8 Å². The maximum Gasteiger partial charge on any atom is 0.264 e. The Bertz CT molecular complexity index is 1410. The molecular weight excluding hydrogens is 549 g/mol. The van der Waals surface area contributed by atoms with Crippen LogP contribution in [0.2, 0.25) is 0 Å². The Kier molecular flexibility index (Phi) is 10.7. The van der Waals surface area contributed by atoms with Crippen molar-refractivity contribution in [2.75, 3.05) is 24.6 Å². The van der Waals surface area contributed by atoms with Crippen LogP contribution in [0, 0.1) is 5.82 Å². The lowest BCUT2D eigenvalue weighted by molar-refractivity contribution is -0.139. The first kappa shape index (κ1) is 31.4. The number of carbonyl (C=O) groups excluding carboxylic acids is 2. The summed E-state index contributed by atoms with van der Waals surface area (Å²) < 4.78 is 52.9. The zero-order valence-corrected chi connectivity index (χ0v) is 24.7. The van der Waals surface area contributed by atoms with E-state index in [1.165, 1.54) is 17.0 Å². The third-order valence-corrected chi connectivity index (χ3v) is 8.01.